The Bertz CT molecular complexity index is 560. The number of hydrogen-bond acceptors (Lipinski definition) is 4. The summed E-state index contributed by atoms with van der Waals surface area (Å²) < 4.78 is 26.0. The highest BCUT2D eigenvalue weighted by Gasteiger charge is 2.16. The zero-order chi connectivity index (χ0) is 14.5. The number of anilines is 1. The first-order valence-electron chi connectivity index (χ1n) is 5.68. The van der Waals surface area contributed by atoms with Gasteiger partial charge in [-0.25, -0.2) is 13.1 Å². The van der Waals surface area contributed by atoms with Crippen LogP contribution in [0.4, 0.5) is 5.69 Å². The minimum absolute atomic E-state index is 0.0299. The van der Waals surface area contributed by atoms with E-state index in [0.717, 1.165) is 6.42 Å². The van der Waals surface area contributed by atoms with Crippen LogP contribution in [-0.4, -0.2) is 27.4 Å². The molecule has 0 saturated heterocycles. The molecule has 1 aromatic rings. The summed E-state index contributed by atoms with van der Waals surface area (Å²) >= 11 is 5.71. The van der Waals surface area contributed by atoms with Gasteiger partial charge in [0.05, 0.1) is 22.2 Å². The molecular weight excluding hydrogens is 290 g/mol. The van der Waals surface area contributed by atoms with Crippen molar-refractivity contribution in [1.82, 2.24) is 10.0 Å². The van der Waals surface area contributed by atoms with E-state index in [-0.39, 0.29) is 28.1 Å². The van der Waals surface area contributed by atoms with E-state index < -0.39 is 10.0 Å². The SMILES string of the molecule is CCCNC(=O)CNS(=O)(=O)c1ccc(Cl)c(N)c1. The summed E-state index contributed by atoms with van der Waals surface area (Å²) in [4.78, 5) is 11.3. The third kappa shape index (κ3) is 4.70. The van der Waals surface area contributed by atoms with Crippen LogP contribution in [0.25, 0.3) is 0 Å². The quantitative estimate of drug-likeness (QED) is 0.674. The Balaban J connectivity index is 2.70. The fourth-order valence-electron chi connectivity index (χ4n) is 1.26. The van der Waals surface area contributed by atoms with Gasteiger partial charge in [0.1, 0.15) is 0 Å². The number of sulfonamides is 1. The lowest BCUT2D eigenvalue weighted by molar-refractivity contribution is -0.119. The standard InChI is InChI=1S/C11H16ClN3O3S/c1-2-5-14-11(16)7-15-19(17,18)8-3-4-9(12)10(13)6-8/h3-4,6,15H,2,5,7,13H2,1H3,(H,14,16). The van der Waals surface area contributed by atoms with E-state index in [0.29, 0.717) is 6.54 Å². The van der Waals surface area contributed by atoms with Crippen LogP contribution < -0.4 is 15.8 Å². The molecule has 1 amide bonds. The van der Waals surface area contributed by atoms with Gasteiger partial charge in [0.25, 0.3) is 0 Å². The molecule has 1 rings (SSSR count). The van der Waals surface area contributed by atoms with Crippen LogP contribution >= 0.6 is 11.6 Å². The molecule has 0 radical (unpaired) electrons. The highest BCUT2D eigenvalue weighted by atomic mass is 35.5. The second kappa shape index (κ2) is 6.74. The monoisotopic (exact) mass is 305 g/mol. The molecular formula is C11H16ClN3O3S. The number of benzene rings is 1. The molecule has 0 bridgehead atoms. The molecule has 0 unspecified atom stereocenters. The lowest BCUT2D eigenvalue weighted by atomic mass is 10.3. The van der Waals surface area contributed by atoms with Crippen LogP contribution in [0.3, 0.4) is 0 Å². The number of carbonyl (C=O) groups is 1. The number of amides is 1. The second-order valence-electron chi connectivity index (χ2n) is 3.86. The molecule has 106 valence electrons. The maximum absolute atomic E-state index is 11.9. The second-order valence-corrected chi connectivity index (χ2v) is 6.03. The highest BCUT2D eigenvalue weighted by molar-refractivity contribution is 7.89. The maximum atomic E-state index is 11.9. The Morgan fingerprint density at radius 1 is 1.42 bits per heavy atom. The molecule has 8 heteroatoms. The molecule has 4 N–H and O–H groups in total. The number of rotatable bonds is 6. The van der Waals surface area contributed by atoms with Crippen molar-refractivity contribution in [2.24, 2.45) is 0 Å². The average molecular weight is 306 g/mol. The molecule has 19 heavy (non-hydrogen) atoms. The van der Waals surface area contributed by atoms with Crippen molar-refractivity contribution >= 4 is 33.2 Å². The van der Waals surface area contributed by atoms with Crippen molar-refractivity contribution in [3.8, 4) is 0 Å². The fourth-order valence-corrected chi connectivity index (χ4v) is 2.39. The van der Waals surface area contributed by atoms with Gasteiger partial charge in [0.2, 0.25) is 15.9 Å². The predicted molar refractivity (Wildman–Crippen MR) is 74.4 cm³/mol. The van der Waals surface area contributed by atoms with E-state index in [4.69, 9.17) is 17.3 Å². The molecule has 0 saturated carbocycles. The minimum atomic E-state index is -3.77. The van der Waals surface area contributed by atoms with Crippen LogP contribution in [0.5, 0.6) is 0 Å². The zero-order valence-corrected chi connectivity index (χ0v) is 12.0. The van der Waals surface area contributed by atoms with E-state index in [1.54, 1.807) is 0 Å². The van der Waals surface area contributed by atoms with Gasteiger partial charge >= 0.3 is 0 Å². The van der Waals surface area contributed by atoms with Gasteiger partial charge in [-0.05, 0) is 24.6 Å². The zero-order valence-electron chi connectivity index (χ0n) is 10.4. The summed E-state index contributed by atoms with van der Waals surface area (Å²) in [6.45, 7) is 2.10. The number of halogens is 1. The third-order valence-electron chi connectivity index (χ3n) is 2.27. The van der Waals surface area contributed by atoms with Gasteiger partial charge in [0.15, 0.2) is 0 Å². The molecule has 0 fully saturated rings. The molecule has 0 aromatic heterocycles. The predicted octanol–water partition coefficient (Wildman–Crippen LogP) is 0.727. The Morgan fingerprint density at radius 3 is 2.68 bits per heavy atom. The van der Waals surface area contributed by atoms with E-state index in [2.05, 4.69) is 10.0 Å². The molecule has 0 aliphatic rings. The van der Waals surface area contributed by atoms with Crippen molar-refractivity contribution < 1.29 is 13.2 Å². The smallest absolute Gasteiger partial charge is 0.241 e. The Morgan fingerprint density at radius 2 is 2.11 bits per heavy atom. The van der Waals surface area contributed by atoms with Crippen LogP contribution in [0, 0.1) is 0 Å². The van der Waals surface area contributed by atoms with Gasteiger partial charge in [0, 0.05) is 6.54 Å². The topological polar surface area (TPSA) is 101 Å². The van der Waals surface area contributed by atoms with Gasteiger partial charge in [-0.1, -0.05) is 18.5 Å². The number of carbonyl (C=O) groups excluding carboxylic acids is 1. The number of nitrogens with two attached hydrogens (primary N) is 1. The van der Waals surface area contributed by atoms with Crippen molar-refractivity contribution in [3.05, 3.63) is 23.2 Å². The average Bonchev–Trinajstić information content (AvgIpc) is 2.37. The van der Waals surface area contributed by atoms with Crippen molar-refractivity contribution in [2.75, 3.05) is 18.8 Å². The number of nitrogen functional groups attached to an aromatic ring is 1. The van der Waals surface area contributed by atoms with E-state index in [9.17, 15) is 13.2 Å². The molecule has 0 heterocycles. The molecule has 0 aliphatic carbocycles. The van der Waals surface area contributed by atoms with Crippen molar-refractivity contribution in [3.63, 3.8) is 0 Å². The van der Waals surface area contributed by atoms with Crippen LogP contribution in [0.15, 0.2) is 23.1 Å². The molecule has 0 aliphatic heterocycles. The first-order valence-corrected chi connectivity index (χ1v) is 7.54. The summed E-state index contributed by atoms with van der Waals surface area (Å²) in [5.74, 6) is -0.382. The molecule has 0 atom stereocenters. The number of nitrogens with one attached hydrogen (secondary N) is 2. The highest BCUT2D eigenvalue weighted by Crippen LogP contribution is 2.21. The Labute approximate surface area is 117 Å². The summed E-state index contributed by atoms with van der Waals surface area (Å²) in [6, 6.07) is 3.96. The first kappa shape index (κ1) is 15.7. The Kier molecular flexibility index (Phi) is 5.59. The van der Waals surface area contributed by atoms with Crippen LogP contribution in [0.2, 0.25) is 5.02 Å². The summed E-state index contributed by atoms with van der Waals surface area (Å²) in [7, 11) is -3.77. The summed E-state index contributed by atoms with van der Waals surface area (Å²) in [5.41, 5.74) is 5.70. The Hall–Kier alpha value is -1.31. The van der Waals surface area contributed by atoms with Gasteiger partial charge < -0.3 is 11.1 Å². The van der Waals surface area contributed by atoms with Crippen LogP contribution in [0.1, 0.15) is 13.3 Å². The number of hydrogen-bond donors (Lipinski definition) is 3. The largest absolute Gasteiger partial charge is 0.397 e. The maximum Gasteiger partial charge on any atom is 0.241 e. The summed E-state index contributed by atoms with van der Waals surface area (Å²) in [5, 5.41) is 2.84. The molecule has 6 nitrogen and oxygen atoms in total. The van der Waals surface area contributed by atoms with E-state index in [1.807, 2.05) is 6.92 Å². The molecule has 1 aromatic carbocycles. The van der Waals surface area contributed by atoms with Gasteiger partial charge in [-0.2, -0.15) is 0 Å². The minimum Gasteiger partial charge on any atom is -0.397 e. The molecule has 0 spiro atoms. The van der Waals surface area contributed by atoms with Gasteiger partial charge in [-0.3, -0.25) is 4.79 Å². The lowest BCUT2D eigenvalue weighted by Crippen LogP contribution is -2.37. The van der Waals surface area contributed by atoms with Crippen molar-refractivity contribution in [2.45, 2.75) is 18.2 Å². The normalized spacial score (nSPS) is 11.3. The first-order chi connectivity index (χ1) is 8.86. The van der Waals surface area contributed by atoms with E-state index in [1.165, 1.54) is 18.2 Å². The van der Waals surface area contributed by atoms with Crippen LogP contribution in [-0.2, 0) is 14.8 Å². The fraction of sp³-hybridized carbons (Fsp3) is 0.364. The van der Waals surface area contributed by atoms with E-state index >= 15 is 0 Å². The van der Waals surface area contributed by atoms with Gasteiger partial charge in [-0.15, -0.1) is 0 Å². The van der Waals surface area contributed by atoms with Crippen molar-refractivity contribution in [1.29, 1.82) is 0 Å². The third-order valence-corrected chi connectivity index (χ3v) is 4.02. The lowest BCUT2D eigenvalue weighted by Gasteiger charge is -2.08. The summed E-state index contributed by atoms with van der Waals surface area (Å²) in [6.07, 6.45) is 0.784.